The Hall–Kier alpha value is -2.61. The first-order valence-corrected chi connectivity index (χ1v) is 8.50. The summed E-state index contributed by atoms with van der Waals surface area (Å²) in [6.45, 7) is 6.15. The van der Waals surface area contributed by atoms with Gasteiger partial charge in [-0.15, -0.1) is 0 Å². The van der Waals surface area contributed by atoms with E-state index < -0.39 is 4.92 Å². The molecule has 2 N–H and O–H groups in total. The van der Waals surface area contributed by atoms with Gasteiger partial charge >= 0.3 is 5.69 Å². The first-order valence-electron chi connectivity index (χ1n) is 8.50. The van der Waals surface area contributed by atoms with E-state index in [2.05, 4.69) is 15.5 Å². The average Bonchev–Trinajstić information content (AvgIpc) is 3.04. The SMILES string of the molecule is CCCOc1c(OCC)cc(-c2n[nH]c3c2CNCC3)cc1[N+](=O)[O-]. The number of hydrogen-bond donors (Lipinski definition) is 2. The lowest BCUT2D eigenvalue weighted by molar-refractivity contribution is -0.385. The van der Waals surface area contributed by atoms with Crippen LogP contribution in [0.2, 0.25) is 0 Å². The maximum atomic E-state index is 11.6. The summed E-state index contributed by atoms with van der Waals surface area (Å²) >= 11 is 0. The summed E-state index contributed by atoms with van der Waals surface area (Å²) in [4.78, 5) is 11.1. The highest BCUT2D eigenvalue weighted by Gasteiger charge is 2.26. The summed E-state index contributed by atoms with van der Waals surface area (Å²) < 4.78 is 11.2. The number of aromatic nitrogens is 2. The maximum absolute atomic E-state index is 11.6. The van der Waals surface area contributed by atoms with Crippen LogP contribution in [-0.2, 0) is 13.0 Å². The number of benzene rings is 1. The Bertz CT molecular complexity index is 772. The van der Waals surface area contributed by atoms with Crippen molar-refractivity contribution in [2.75, 3.05) is 19.8 Å². The molecule has 0 atom stereocenters. The summed E-state index contributed by atoms with van der Waals surface area (Å²) in [6, 6.07) is 3.28. The third-order valence-corrected chi connectivity index (χ3v) is 4.06. The van der Waals surface area contributed by atoms with Gasteiger partial charge in [0.15, 0.2) is 5.75 Å². The molecule has 0 saturated carbocycles. The van der Waals surface area contributed by atoms with E-state index in [1.165, 1.54) is 6.07 Å². The van der Waals surface area contributed by atoms with Gasteiger partial charge in [0.2, 0.25) is 5.75 Å². The van der Waals surface area contributed by atoms with Crippen molar-refractivity contribution in [1.29, 1.82) is 0 Å². The topological polar surface area (TPSA) is 102 Å². The third-order valence-electron chi connectivity index (χ3n) is 4.06. The van der Waals surface area contributed by atoms with Gasteiger partial charge in [-0.05, 0) is 19.4 Å². The van der Waals surface area contributed by atoms with E-state index in [1.54, 1.807) is 6.07 Å². The van der Waals surface area contributed by atoms with E-state index in [1.807, 2.05) is 13.8 Å². The van der Waals surface area contributed by atoms with E-state index >= 15 is 0 Å². The molecule has 1 aromatic carbocycles. The Morgan fingerprint density at radius 1 is 1.32 bits per heavy atom. The normalized spacial score (nSPS) is 13.4. The lowest BCUT2D eigenvalue weighted by Gasteiger charge is -2.15. The molecule has 25 heavy (non-hydrogen) atoms. The molecule has 1 aliphatic heterocycles. The fourth-order valence-corrected chi connectivity index (χ4v) is 2.94. The van der Waals surface area contributed by atoms with Crippen LogP contribution in [-0.4, -0.2) is 34.9 Å². The molecule has 0 bridgehead atoms. The predicted molar refractivity (Wildman–Crippen MR) is 93.0 cm³/mol. The maximum Gasteiger partial charge on any atom is 0.315 e. The number of nitrogens with zero attached hydrogens (tertiary/aromatic N) is 2. The van der Waals surface area contributed by atoms with E-state index in [-0.39, 0.29) is 11.4 Å². The van der Waals surface area contributed by atoms with Gasteiger partial charge in [-0.3, -0.25) is 15.2 Å². The van der Waals surface area contributed by atoms with E-state index in [0.29, 0.717) is 36.8 Å². The molecule has 0 fully saturated rings. The Balaban J connectivity index is 2.11. The standard InChI is InChI=1S/C17H22N4O4/c1-3-7-25-17-14(21(22)23)8-11(9-15(17)24-4-2)16-12-10-18-6-5-13(12)19-20-16/h8-9,18H,3-7,10H2,1-2H3,(H,19,20). The summed E-state index contributed by atoms with van der Waals surface area (Å²) in [6.07, 6.45) is 1.61. The highest BCUT2D eigenvalue weighted by Crippen LogP contribution is 2.42. The molecule has 0 amide bonds. The zero-order valence-corrected chi connectivity index (χ0v) is 14.4. The average molecular weight is 346 g/mol. The number of nitro groups is 1. The molecule has 134 valence electrons. The zero-order valence-electron chi connectivity index (χ0n) is 14.4. The monoisotopic (exact) mass is 346 g/mol. The largest absolute Gasteiger partial charge is 0.490 e. The molecule has 0 aliphatic carbocycles. The smallest absolute Gasteiger partial charge is 0.315 e. The van der Waals surface area contributed by atoms with Gasteiger partial charge in [-0.25, -0.2) is 0 Å². The number of nitrogens with one attached hydrogen (secondary N) is 2. The van der Waals surface area contributed by atoms with E-state index in [4.69, 9.17) is 9.47 Å². The molecule has 8 nitrogen and oxygen atoms in total. The van der Waals surface area contributed by atoms with Crippen LogP contribution in [0.4, 0.5) is 5.69 Å². The van der Waals surface area contributed by atoms with Crippen LogP contribution in [0.3, 0.4) is 0 Å². The highest BCUT2D eigenvalue weighted by atomic mass is 16.6. The van der Waals surface area contributed by atoms with Crippen LogP contribution in [0, 0.1) is 10.1 Å². The second-order valence-corrected chi connectivity index (χ2v) is 5.82. The number of rotatable bonds is 7. The summed E-state index contributed by atoms with van der Waals surface area (Å²) in [7, 11) is 0. The van der Waals surface area contributed by atoms with Crippen molar-refractivity contribution >= 4 is 5.69 Å². The molecule has 3 rings (SSSR count). The Morgan fingerprint density at radius 3 is 2.88 bits per heavy atom. The van der Waals surface area contributed by atoms with Crippen LogP contribution in [0.5, 0.6) is 11.5 Å². The van der Waals surface area contributed by atoms with Crippen molar-refractivity contribution in [2.45, 2.75) is 33.2 Å². The molecular formula is C17H22N4O4. The predicted octanol–water partition coefficient (Wildman–Crippen LogP) is 2.82. The van der Waals surface area contributed by atoms with Crippen LogP contribution < -0.4 is 14.8 Å². The summed E-state index contributed by atoms with van der Waals surface area (Å²) in [5.41, 5.74) is 3.38. The van der Waals surface area contributed by atoms with Crippen molar-refractivity contribution in [3.8, 4) is 22.8 Å². The number of hydrogen-bond acceptors (Lipinski definition) is 6. The first kappa shape index (κ1) is 17.2. The fraction of sp³-hybridized carbons (Fsp3) is 0.471. The summed E-state index contributed by atoms with van der Waals surface area (Å²) in [5, 5.41) is 22.3. The van der Waals surface area contributed by atoms with Crippen molar-refractivity contribution in [3.05, 3.63) is 33.5 Å². The van der Waals surface area contributed by atoms with Gasteiger partial charge in [-0.1, -0.05) is 6.92 Å². The molecule has 0 spiro atoms. The summed E-state index contributed by atoms with van der Waals surface area (Å²) in [5.74, 6) is 0.556. The molecule has 0 saturated heterocycles. The fourth-order valence-electron chi connectivity index (χ4n) is 2.94. The van der Waals surface area contributed by atoms with Crippen LogP contribution in [0.25, 0.3) is 11.3 Å². The number of ether oxygens (including phenoxy) is 2. The zero-order chi connectivity index (χ0) is 17.8. The molecule has 0 radical (unpaired) electrons. The molecular weight excluding hydrogens is 324 g/mol. The molecule has 0 unspecified atom stereocenters. The first-order chi connectivity index (χ1) is 12.2. The molecule has 1 aromatic heterocycles. The number of nitro benzene ring substituents is 1. The molecule has 2 aromatic rings. The Kier molecular flexibility index (Phi) is 5.18. The van der Waals surface area contributed by atoms with Gasteiger partial charge in [0, 0.05) is 42.4 Å². The number of fused-ring (bicyclic) bond motifs is 1. The van der Waals surface area contributed by atoms with Crippen LogP contribution in [0.15, 0.2) is 12.1 Å². The molecule has 8 heteroatoms. The Labute approximate surface area is 145 Å². The quantitative estimate of drug-likeness (QED) is 0.590. The number of aromatic amines is 1. The molecule has 1 aliphatic rings. The second kappa shape index (κ2) is 7.52. The van der Waals surface area contributed by atoms with Crippen molar-refractivity contribution in [3.63, 3.8) is 0 Å². The lowest BCUT2D eigenvalue weighted by atomic mass is 10.0. The van der Waals surface area contributed by atoms with Gasteiger partial charge in [0.1, 0.15) is 0 Å². The van der Waals surface area contributed by atoms with E-state index in [0.717, 1.165) is 30.6 Å². The Morgan fingerprint density at radius 2 is 2.16 bits per heavy atom. The minimum atomic E-state index is -0.436. The lowest BCUT2D eigenvalue weighted by Crippen LogP contribution is -2.23. The second-order valence-electron chi connectivity index (χ2n) is 5.82. The molecule has 2 heterocycles. The van der Waals surface area contributed by atoms with Crippen molar-refractivity contribution in [1.82, 2.24) is 15.5 Å². The van der Waals surface area contributed by atoms with Crippen molar-refractivity contribution < 1.29 is 14.4 Å². The third kappa shape index (κ3) is 3.43. The van der Waals surface area contributed by atoms with Crippen LogP contribution in [0.1, 0.15) is 31.5 Å². The minimum absolute atomic E-state index is 0.102. The van der Waals surface area contributed by atoms with Gasteiger partial charge in [0.05, 0.1) is 23.8 Å². The van der Waals surface area contributed by atoms with Gasteiger partial charge < -0.3 is 14.8 Å². The highest BCUT2D eigenvalue weighted by molar-refractivity contribution is 5.73. The van der Waals surface area contributed by atoms with Crippen molar-refractivity contribution in [2.24, 2.45) is 0 Å². The minimum Gasteiger partial charge on any atom is -0.490 e. The van der Waals surface area contributed by atoms with Crippen LogP contribution >= 0.6 is 0 Å². The van der Waals surface area contributed by atoms with Gasteiger partial charge in [-0.2, -0.15) is 5.10 Å². The van der Waals surface area contributed by atoms with Gasteiger partial charge in [0.25, 0.3) is 0 Å². The van der Waals surface area contributed by atoms with E-state index in [9.17, 15) is 10.1 Å². The number of H-pyrrole nitrogens is 1.